The predicted molar refractivity (Wildman–Crippen MR) is 95.0 cm³/mol. The highest BCUT2D eigenvalue weighted by molar-refractivity contribution is 5.89. The molecule has 27 heavy (non-hydrogen) atoms. The molecule has 4 nitrogen and oxygen atoms in total. The van der Waals surface area contributed by atoms with Gasteiger partial charge in [-0.3, -0.25) is 9.59 Å². The van der Waals surface area contributed by atoms with Gasteiger partial charge >= 0.3 is 6.18 Å². The third kappa shape index (κ3) is 4.62. The summed E-state index contributed by atoms with van der Waals surface area (Å²) in [5.41, 5.74) is 2.52. The van der Waals surface area contributed by atoms with Crippen LogP contribution in [0.5, 0.6) is 0 Å². The van der Waals surface area contributed by atoms with E-state index in [1.165, 1.54) is 11.1 Å². The van der Waals surface area contributed by atoms with Gasteiger partial charge in [0.2, 0.25) is 11.8 Å². The molecule has 1 aliphatic carbocycles. The van der Waals surface area contributed by atoms with Crippen LogP contribution in [0.3, 0.4) is 0 Å². The second-order valence-electron chi connectivity index (χ2n) is 7.49. The lowest BCUT2D eigenvalue weighted by Gasteiger charge is -2.36. The van der Waals surface area contributed by atoms with Gasteiger partial charge in [-0.05, 0) is 36.8 Å². The SMILES string of the molecule is CCCN(C(=O)C1CC(=O)N(CC(F)(F)F)C1)C1CCc2ccccc2C1. The minimum atomic E-state index is -4.44. The Labute approximate surface area is 157 Å². The predicted octanol–water partition coefficient (Wildman–Crippen LogP) is 3.19. The summed E-state index contributed by atoms with van der Waals surface area (Å²) in [7, 11) is 0. The average molecular weight is 382 g/mol. The van der Waals surface area contributed by atoms with E-state index in [0.29, 0.717) is 6.54 Å². The highest BCUT2D eigenvalue weighted by atomic mass is 19.4. The molecule has 2 amide bonds. The molecule has 3 rings (SSSR count). The fourth-order valence-corrected chi connectivity index (χ4v) is 4.20. The lowest BCUT2D eigenvalue weighted by molar-refractivity contribution is -0.157. The Morgan fingerprint density at radius 2 is 1.93 bits per heavy atom. The summed E-state index contributed by atoms with van der Waals surface area (Å²) in [6.07, 6.45) is -1.30. The van der Waals surface area contributed by atoms with Gasteiger partial charge in [0.05, 0.1) is 5.92 Å². The van der Waals surface area contributed by atoms with E-state index < -0.39 is 24.5 Å². The summed E-state index contributed by atoms with van der Waals surface area (Å²) >= 11 is 0. The van der Waals surface area contributed by atoms with Crippen molar-refractivity contribution in [2.45, 2.75) is 51.2 Å². The molecular weight excluding hydrogens is 357 g/mol. The Morgan fingerprint density at radius 1 is 1.22 bits per heavy atom. The minimum Gasteiger partial charge on any atom is -0.339 e. The number of carbonyl (C=O) groups excluding carboxylic acids is 2. The van der Waals surface area contributed by atoms with Crippen molar-refractivity contribution in [1.29, 1.82) is 0 Å². The van der Waals surface area contributed by atoms with Crippen LogP contribution in [0, 0.1) is 5.92 Å². The first-order valence-corrected chi connectivity index (χ1v) is 9.50. The number of hydrogen-bond donors (Lipinski definition) is 0. The zero-order valence-electron chi connectivity index (χ0n) is 15.5. The highest BCUT2D eigenvalue weighted by Crippen LogP contribution is 2.29. The summed E-state index contributed by atoms with van der Waals surface area (Å²) in [5, 5.41) is 0. The van der Waals surface area contributed by atoms with E-state index in [2.05, 4.69) is 12.1 Å². The Bertz CT molecular complexity index is 705. The van der Waals surface area contributed by atoms with Crippen LogP contribution in [-0.4, -0.2) is 53.5 Å². The molecule has 0 bridgehead atoms. The van der Waals surface area contributed by atoms with E-state index >= 15 is 0 Å². The van der Waals surface area contributed by atoms with E-state index in [1.54, 1.807) is 0 Å². The molecule has 2 unspecified atom stereocenters. The lowest BCUT2D eigenvalue weighted by Crippen LogP contribution is -2.47. The number of benzene rings is 1. The highest BCUT2D eigenvalue weighted by Gasteiger charge is 2.42. The van der Waals surface area contributed by atoms with Gasteiger partial charge in [0.15, 0.2) is 0 Å². The van der Waals surface area contributed by atoms with E-state index in [4.69, 9.17) is 0 Å². The molecule has 0 radical (unpaired) electrons. The van der Waals surface area contributed by atoms with Gasteiger partial charge in [0.25, 0.3) is 0 Å². The molecule has 1 heterocycles. The first-order valence-electron chi connectivity index (χ1n) is 9.50. The summed E-state index contributed by atoms with van der Waals surface area (Å²) in [6, 6.07) is 8.20. The molecular formula is C20H25F3N2O2. The van der Waals surface area contributed by atoms with Gasteiger partial charge in [-0.2, -0.15) is 13.2 Å². The molecule has 148 valence electrons. The first-order chi connectivity index (χ1) is 12.8. The van der Waals surface area contributed by atoms with Crippen molar-refractivity contribution in [3.05, 3.63) is 35.4 Å². The fraction of sp³-hybridized carbons (Fsp3) is 0.600. The van der Waals surface area contributed by atoms with Crippen LogP contribution in [-0.2, 0) is 22.4 Å². The smallest absolute Gasteiger partial charge is 0.339 e. The van der Waals surface area contributed by atoms with E-state index in [9.17, 15) is 22.8 Å². The molecule has 0 N–H and O–H groups in total. The van der Waals surface area contributed by atoms with Gasteiger partial charge in [-0.15, -0.1) is 0 Å². The lowest BCUT2D eigenvalue weighted by atomic mass is 9.87. The topological polar surface area (TPSA) is 40.6 Å². The Balaban J connectivity index is 1.70. The number of hydrogen-bond acceptors (Lipinski definition) is 2. The maximum absolute atomic E-state index is 13.1. The number of halogens is 3. The first kappa shape index (κ1) is 19.7. The van der Waals surface area contributed by atoms with Crippen LogP contribution >= 0.6 is 0 Å². The van der Waals surface area contributed by atoms with Crippen LogP contribution in [0.4, 0.5) is 13.2 Å². The minimum absolute atomic E-state index is 0.0409. The normalized spacial score (nSPS) is 22.7. The van der Waals surface area contributed by atoms with E-state index in [0.717, 1.165) is 30.6 Å². The van der Waals surface area contributed by atoms with Gasteiger partial charge in [0, 0.05) is 25.6 Å². The molecule has 0 saturated carbocycles. The zero-order chi connectivity index (χ0) is 19.6. The van der Waals surface area contributed by atoms with Crippen LogP contribution in [0.1, 0.15) is 37.3 Å². The molecule has 1 aliphatic heterocycles. The number of alkyl halides is 3. The maximum Gasteiger partial charge on any atom is 0.406 e. The number of rotatable bonds is 5. The second-order valence-corrected chi connectivity index (χ2v) is 7.49. The number of amides is 2. The van der Waals surface area contributed by atoms with Crippen molar-refractivity contribution in [2.24, 2.45) is 5.92 Å². The standard InChI is InChI=1S/C20H25F3N2O2/c1-2-9-25(17-8-7-14-5-3-4-6-15(14)10-17)19(27)16-11-18(26)24(12-16)13-20(21,22)23/h3-6,16-17H,2,7-13H2,1H3. The molecule has 1 aromatic rings. The summed E-state index contributed by atoms with van der Waals surface area (Å²) in [5.74, 6) is -1.45. The molecule has 0 spiro atoms. The largest absolute Gasteiger partial charge is 0.406 e. The molecule has 2 aliphatic rings. The molecule has 1 aromatic carbocycles. The molecule has 1 fully saturated rings. The van der Waals surface area contributed by atoms with Crippen molar-refractivity contribution in [3.63, 3.8) is 0 Å². The molecule has 0 aromatic heterocycles. The molecule has 2 atom stereocenters. The zero-order valence-corrected chi connectivity index (χ0v) is 15.5. The number of fused-ring (bicyclic) bond motifs is 1. The van der Waals surface area contributed by atoms with Gasteiger partial charge in [0.1, 0.15) is 6.54 Å². The van der Waals surface area contributed by atoms with Crippen molar-refractivity contribution in [3.8, 4) is 0 Å². The summed E-state index contributed by atoms with van der Waals surface area (Å²) < 4.78 is 37.9. The van der Waals surface area contributed by atoms with Crippen molar-refractivity contribution in [2.75, 3.05) is 19.6 Å². The van der Waals surface area contributed by atoms with Crippen molar-refractivity contribution < 1.29 is 22.8 Å². The van der Waals surface area contributed by atoms with Gasteiger partial charge in [-0.25, -0.2) is 0 Å². The monoisotopic (exact) mass is 382 g/mol. The van der Waals surface area contributed by atoms with Crippen LogP contribution in [0.15, 0.2) is 24.3 Å². The Morgan fingerprint density at radius 3 is 2.59 bits per heavy atom. The Hall–Kier alpha value is -2.05. The number of likely N-dealkylation sites (tertiary alicyclic amines) is 1. The van der Waals surface area contributed by atoms with Crippen molar-refractivity contribution >= 4 is 11.8 Å². The van der Waals surface area contributed by atoms with Crippen LogP contribution in [0.25, 0.3) is 0 Å². The van der Waals surface area contributed by atoms with E-state index in [1.807, 2.05) is 24.0 Å². The molecule has 1 saturated heterocycles. The fourth-order valence-electron chi connectivity index (χ4n) is 4.20. The van der Waals surface area contributed by atoms with Crippen molar-refractivity contribution in [1.82, 2.24) is 9.80 Å². The number of carbonyl (C=O) groups is 2. The Kier molecular flexibility index (Phi) is 5.77. The third-order valence-corrected chi connectivity index (χ3v) is 5.44. The quantitative estimate of drug-likeness (QED) is 0.785. The summed E-state index contributed by atoms with van der Waals surface area (Å²) in [6.45, 7) is 1.13. The van der Waals surface area contributed by atoms with Crippen LogP contribution in [0.2, 0.25) is 0 Å². The summed E-state index contributed by atoms with van der Waals surface area (Å²) in [4.78, 5) is 27.6. The van der Waals surface area contributed by atoms with Crippen LogP contribution < -0.4 is 0 Å². The molecule has 7 heteroatoms. The maximum atomic E-state index is 13.1. The number of aryl methyl sites for hydroxylation is 1. The van der Waals surface area contributed by atoms with Gasteiger partial charge in [-0.1, -0.05) is 31.2 Å². The third-order valence-electron chi connectivity index (χ3n) is 5.44. The average Bonchev–Trinajstić information content (AvgIpc) is 2.97. The second kappa shape index (κ2) is 7.90. The number of nitrogens with zero attached hydrogens (tertiary/aromatic N) is 2. The van der Waals surface area contributed by atoms with Gasteiger partial charge < -0.3 is 9.80 Å². The van der Waals surface area contributed by atoms with E-state index in [-0.39, 0.29) is 24.9 Å².